The Bertz CT molecular complexity index is 406. The van der Waals surface area contributed by atoms with E-state index in [4.69, 9.17) is 0 Å². The minimum atomic E-state index is -0.282. The molecule has 1 aromatic carbocycles. The van der Waals surface area contributed by atoms with Crippen LogP contribution in [0.4, 0.5) is 4.79 Å². The molecule has 0 unspecified atom stereocenters. The third-order valence-corrected chi connectivity index (χ3v) is 3.55. The largest absolute Gasteiger partial charge is 0.329 e. The fourth-order valence-electron chi connectivity index (χ4n) is 1.67. The monoisotopic (exact) mass is 250 g/mol. The van der Waals surface area contributed by atoms with Crippen LogP contribution in [0.3, 0.4) is 0 Å². The van der Waals surface area contributed by atoms with E-state index in [0.717, 1.165) is 4.90 Å². The van der Waals surface area contributed by atoms with Gasteiger partial charge in [0, 0.05) is 16.7 Å². The Balaban J connectivity index is 1.91. The molecule has 5 heteroatoms. The van der Waals surface area contributed by atoms with Crippen LogP contribution in [0.1, 0.15) is 6.92 Å². The molecule has 0 radical (unpaired) electrons. The van der Waals surface area contributed by atoms with Crippen molar-refractivity contribution in [2.45, 2.75) is 17.1 Å². The molecule has 0 bridgehead atoms. The highest BCUT2D eigenvalue weighted by atomic mass is 32.2. The van der Waals surface area contributed by atoms with Gasteiger partial charge in [0.1, 0.15) is 0 Å². The van der Waals surface area contributed by atoms with Crippen LogP contribution >= 0.6 is 11.8 Å². The van der Waals surface area contributed by atoms with Crippen molar-refractivity contribution in [1.82, 2.24) is 10.2 Å². The van der Waals surface area contributed by atoms with Crippen molar-refractivity contribution < 1.29 is 9.59 Å². The number of carbonyl (C=O) groups excluding carboxylic acids is 2. The molecule has 1 fully saturated rings. The van der Waals surface area contributed by atoms with E-state index < -0.39 is 0 Å². The fraction of sp³-hybridized carbons (Fsp3) is 0.333. The van der Waals surface area contributed by atoms with Crippen LogP contribution in [0.25, 0.3) is 0 Å². The molecule has 0 aliphatic carbocycles. The predicted octanol–water partition coefficient (Wildman–Crippen LogP) is 1.72. The van der Waals surface area contributed by atoms with Gasteiger partial charge in [-0.15, -0.1) is 11.8 Å². The number of urea groups is 1. The molecule has 3 amide bonds. The highest BCUT2D eigenvalue weighted by Gasteiger charge is 2.29. The summed E-state index contributed by atoms with van der Waals surface area (Å²) in [6, 6.07) is 9.67. The topological polar surface area (TPSA) is 49.4 Å². The number of benzene rings is 1. The summed E-state index contributed by atoms with van der Waals surface area (Å²) < 4.78 is 0. The van der Waals surface area contributed by atoms with Gasteiger partial charge in [0.25, 0.3) is 0 Å². The van der Waals surface area contributed by atoms with Crippen LogP contribution in [-0.2, 0) is 4.79 Å². The van der Waals surface area contributed by atoms with Gasteiger partial charge in [-0.2, -0.15) is 0 Å². The molecule has 1 aliphatic heterocycles. The van der Waals surface area contributed by atoms with Crippen molar-refractivity contribution >= 4 is 23.7 Å². The maximum Gasteiger partial charge on any atom is 0.324 e. The summed E-state index contributed by atoms with van der Waals surface area (Å²) in [7, 11) is 0. The second kappa shape index (κ2) is 5.23. The molecule has 4 nitrogen and oxygen atoms in total. The summed E-state index contributed by atoms with van der Waals surface area (Å²) in [5, 5.41) is 2.70. The highest BCUT2D eigenvalue weighted by molar-refractivity contribution is 8.00. The Labute approximate surface area is 104 Å². The SMILES string of the molecule is C[C@H](CN1C(=O)CNC1=O)Sc1ccccc1. The zero-order valence-electron chi connectivity index (χ0n) is 9.55. The third-order valence-electron chi connectivity index (χ3n) is 2.46. The second-order valence-corrected chi connectivity index (χ2v) is 5.42. The second-order valence-electron chi connectivity index (χ2n) is 3.90. The lowest BCUT2D eigenvalue weighted by molar-refractivity contribution is -0.124. The summed E-state index contributed by atoms with van der Waals surface area (Å²) >= 11 is 1.66. The van der Waals surface area contributed by atoms with Gasteiger partial charge >= 0.3 is 6.03 Å². The molecular weight excluding hydrogens is 236 g/mol. The lowest BCUT2D eigenvalue weighted by Crippen LogP contribution is -2.35. The summed E-state index contributed by atoms with van der Waals surface area (Å²) in [6.45, 7) is 2.59. The zero-order chi connectivity index (χ0) is 12.3. The summed E-state index contributed by atoms with van der Waals surface area (Å²) in [5.41, 5.74) is 0. The van der Waals surface area contributed by atoms with Crippen LogP contribution < -0.4 is 5.32 Å². The summed E-state index contributed by atoms with van der Waals surface area (Å²) in [4.78, 5) is 25.2. The van der Waals surface area contributed by atoms with E-state index in [0.29, 0.717) is 6.54 Å². The van der Waals surface area contributed by atoms with E-state index in [9.17, 15) is 9.59 Å². The predicted molar refractivity (Wildman–Crippen MR) is 66.9 cm³/mol. The Hall–Kier alpha value is -1.49. The van der Waals surface area contributed by atoms with E-state index in [-0.39, 0.29) is 23.7 Å². The number of nitrogens with one attached hydrogen (secondary N) is 1. The molecule has 17 heavy (non-hydrogen) atoms. The highest BCUT2D eigenvalue weighted by Crippen LogP contribution is 2.23. The van der Waals surface area contributed by atoms with E-state index in [1.54, 1.807) is 11.8 Å². The first-order chi connectivity index (χ1) is 8.16. The van der Waals surface area contributed by atoms with Crippen molar-refractivity contribution in [1.29, 1.82) is 0 Å². The molecule has 90 valence electrons. The minimum Gasteiger partial charge on any atom is -0.329 e. The first kappa shape index (κ1) is 12.0. The molecule has 1 saturated heterocycles. The van der Waals surface area contributed by atoms with Crippen molar-refractivity contribution in [3.05, 3.63) is 30.3 Å². The number of amides is 3. The lowest BCUT2D eigenvalue weighted by atomic mass is 10.4. The van der Waals surface area contributed by atoms with Crippen molar-refractivity contribution in [2.24, 2.45) is 0 Å². The fourth-order valence-corrected chi connectivity index (χ4v) is 2.67. The quantitative estimate of drug-likeness (QED) is 0.654. The van der Waals surface area contributed by atoms with Crippen molar-refractivity contribution in [3.8, 4) is 0 Å². The number of carbonyl (C=O) groups is 2. The van der Waals surface area contributed by atoms with Crippen molar-refractivity contribution in [2.75, 3.05) is 13.1 Å². The molecule has 1 aliphatic rings. The Morgan fingerprint density at radius 2 is 2.06 bits per heavy atom. The molecule has 2 rings (SSSR count). The van der Waals surface area contributed by atoms with Gasteiger partial charge in [-0.3, -0.25) is 9.69 Å². The first-order valence-corrected chi connectivity index (χ1v) is 6.34. The van der Waals surface area contributed by atoms with Gasteiger partial charge in [0.05, 0.1) is 6.54 Å². The van der Waals surface area contributed by atoms with Crippen LogP contribution in [0.2, 0.25) is 0 Å². The number of thioether (sulfide) groups is 1. The number of hydrogen-bond donors (Lipinski definition) is 1. The Morgan fingerprint density at radius 1 is 1.35 bits per heavy atom. The molecule has 0 saturated carbocycles. The van der Waals surface area contributed by atoms with Gasteiger partial charge in [-0.05, 0) is 12.1 Å². The number of nitrogens with zero attached hydrogens (tertiary/aromatic N) is 1. The van der Waals surface area contributed by atoms with Gasteiger partial charge < -0.3 is 5.32 Å². The van der Waals surface area contributed by atoms with E-state index in [1.165, 1.54) is 4.90 Å². The van der Waals surface area contributed by atoms with Gasteiger partial charge in [-0.25, -0.2) is 4.79 Å². The summed E-state index contributed by atoms with van der Waals surface area (Å²) in [6.07, 6.45) is 0. The van der Waals surface area contributed by atoms with Crippen LogP contribution in [0.15, 0.2) is 35.2 Å². The maximum absolute atomic E-state index is 11.4. The molecule has 0 spiro atoms. The average Bonchev–Trinajstić information content (AvgIpc) is 2.62. The number of hydrogen-bond acceptors (Lipinski definition) is 3. The first-order valence-electron chi connectivity index (χ1n) is 5.46. The third kappa shape index (κ3) is 3.00. The van der Waals surface area contributed by atoms with Gasteiger partial charge in [-0.1, -0.05) is 25.1 Å². The van der Waals surface area contributed by atoms with E-state index in [2.05, 4.69) is 5.32 Å². The van der Waals surface area contributed by atoms with E-state index in [1.807, 2.05) is 37.3 Å². The van der Waals surface area contributed by atoms with Gasteiger partial charge in [0.2, 0.25) is 5.91 Å². The van der Waals surface area contributed by atoms with Crippen LogP contribution in [0, 0.1) is 0 Å². The Morgan fingerprint density at radius 3 is 2.65 bits per heavy atom. The molecule has 1 atom stereocenters. The van der Waals surface area contributed by atoms with Crippen LogP contribution in [-0.4, -0.2) is 35.2 Å². The molecule has 1 N–H and O–H groups in total. The molecule has 0 aromatic heterocycles. The normalized spacial score (nSPS) is 17.1. The lowest BCUT2D eigenvalue weighted by Gasteiger charge is -2.17. The molecule has 1 heterocycles. The maximum atomic E-state index is 11.4. The van der Waals surface area contributed by atoms with E-state index >= 15 is 0 Å². The average molecular weight is 250 g/mol. The van der Waals surface area contributed by atoms with Gasteiger partial charge in [0.15, 0.2) is 0 Å². The van der Waals surface area contributed by atoms with Crippen LogP contribution in [0.5, 0.6) is 0 Å². The standard InChI is InChI=1S/C12H14N2O2S/c1-9(17-10-5-3-2-4-6-10)8-14-11(15)7-13-12(14)16/h2-6,9H,7-8H2,1H3,(H,13,16)/t9-/m1/s1. The Kier molecular flexibility index (Phi) is 3.68. The minimum absolute atomic E-state index is 0.127. The molecule has 1 aromatic rings. The van der Waals surface area contributed by atoms with Crippen molar-refractivity contribution in [3.63, 3.8) is 0 Å². The number of rotatable bonds is 4. The zero-order valence-corrected chi connectivity index (χ0v) is 10.4. The molecular formula is C12H14N2O2S. The smallest absolute Gasteiger partial charge is 0.324 e. The summed E-state index contributed by atoms with van der Waals surface area (Å²) in [5.74, 6) is -0.143. The number of imide groups is 1.